The minimum absolute atomic E-state index is 0.725. The molecule has 0 amide bonds. The Bertz CT molecular complexity index is 503. The van der Waals surface area contributed by atoms with Crippen molar-refractivity contribution in [2.45, 2.75) is 90.9 Å². The molecule has 0 spiro atoms. The monoisotopic (exact) mass is 376 g/mol. The Hall–Kier alpha value is -1.71. The largest absolute Gasteiger partial charge is 0.490 e. The Morgan fingerprint density at radius 3 is 1.81 bits per heavy atom. The van der Waals surface area contributed by atoms with Crippen molar-refractivity contribution in [1.29, 1.82) is 0 Å². The third kappa shape index (κ3) is 11.6. The number of hydrogen-bond donors (Lipinski definition) is 1. The van der Waals surface area contributed by atoms with Crippen LogP contribution >= 0.6 is 0 Å². The van der Waals surface area contributed by atoms with Gasteiger partial charge in [0.05, 0.1) is 19.4 Å². The molecule has 0 fully saturated rings. The maximum Gasteiger partial charge on any atom is 0.161 e. The van der Waals surface area contributed by atoms with Crippen molar-refractivity contribution in [3.63, 3.8) is 0 Å². The minimum Gasteiger partial charge on any atom is -0.490 e. The summed E-state index contributed by atoms with van der Waals surface area (Å²) in [5, 5.41) is 3.60. The molecule has 1 aromatic carbocycles. The predicted octanol–water partition coefficient (Wildman–Crippen LogP) is 6.46. The summed E-state index contributed by atoms with van der Waals surface area (Å²) in [4.78, 5) is 0. The van der Waals surface area contributed by atoms with Gasteiger partial charge < -0.3 is 15.3 Å². The van der Waals surface area contributed by atoms with Gasteiger partial charge in [-0.25, -0.2) is 0 Å². The first-order valence-corrected chi connectivity index (χ1v) is 10.9. The van der Waals surface area contributed by atoms with Crippen LogP contribution in [0.5, 0.6) is 11.5 Å². The van der Waals surface area contributed by atoms with E-state index in [1.165, 1.54) is 64.2 Å². The zero-order valence-corrected chi connectivity index (χ0v) is 17.5. The number of benzene rings is 1. The molecule has 0 aliphatic carbocycles. The summed E-state index contributed by atoms with van der Waals surface area (Å²) in [6.07, 6.45) is 16.7. The molecule has 27 heavy (non-hydrogen) atoms. The van der Waals surface area contributed by atoms with E-state index in [0.29, 0.717) is 0 Å². The molecular weight excluding hydrogens is 336 g/mol. The molecule has 0 bridgehead atoms. The quantitative estimate of drug-likeness (QED) is 0.147. The minimum atomic E-state index is 0.725. The molecule has 154 valence electrons. The number of hydrogen-bond acceptors (Lipinski definition) is 4. The molecule has 0 saturated carbocycles. The lowest BCUT2D eigenvalue weighted by atomic mass is 10.1. The number of unbranched alkanes of at least 4 members (excludes halogenated alkanes) is 10. The number of hydrazone groups is 1. The third-order valence-corrected chi connectivity index (χ3v) is 4.70. The van der Waals surface area contributed by atoms with Gasteiger partial charge in [-0.05, 0) is 36.6 Å². The van der Waals surface area contributed by atoms with Gasteiger partial charge in [-0.2, -0.15) is 5.10 Å². The number of ether oxygens (including phenoxy) is 2. The molecule has 0 unspecified atom stereocenters. The lowest BCUT2D eigenvalue weighted by Crippen LogP contribution is -2.03. The first kappa shape index (κ1) is 23.3. The fourth-order valence-corrected chi connectivity index (χ4v) is 3.05. The van der Waals surface area contributed by atoms with E-state index in [1.807, 2.05) is 18.2 Å². The molecule has 1 aromatic rings. The summed E-state index contributed by atoms with van der Waals surface area (Å²) in [6.45, 7) is 5.95. The van der Waals surface area contributed by atoms with Crippen LogP contribution in [-0.4, -0.2) is 19.4 Å². The summed E-state index contributed by atoms with van der Waals surface area (Å²) in [6, 6.07) is 5.89. The van der Waals surface area contributed by atoms with Gasteiger partial charge in [-0.15, -0.1) is 0 Å². The first-order chi connectivity index (χ1) is 13.3. The van der Waals surface area contributed by atoms with E-state index in [2.05, 4.69) is 18.9 Å². The van der Waals surface area contributed by atoms with Crippen molar-refractivity contribution in [3.05, 3.63) is 23.8 Å². The number of nitrogens with zero attached hydrogens (tertiary/aromatic N) is 1. The molecule has 0 atom stereocenters. The van der Waals surface area contributed by atoms with Gasteiger partial charge in [0.25, 0.3) is 0 Å². The smallest absolute Gasteiger partial charge is 0.161 e. The van der Waals surface area contributed by atoms with Crippen LogP contribution in [0.3, 0.4) is 0 Å². The highest BCUT2D eigenvalue weighted by molar-refractivity contribution is 5.80. The molecule has 0 saturated heterocycles. The molecule has 0 aromatic heterocycles. The van der Waals surface area contributed by atoms with Gasteiger partial charge in [0.15, 0.2) is 11.5 Å². The van der Waals surface area contributed by atoms with Gasteiger partial charge in [0, 0.05) is 0 Å². The second kappa shape index (κ2) is 16.5. The molecule has 0 aliphatic heterocycles. The first-order valence-electron chi connectivity index (χ1n) is 10.9. The fourth-order valence-electron chi connectivity index (χ4n) is 3.05. The second-order valence-corrected chi connectivity index (χ2v) is 7.22. The molecule has 0 aliphatic rings. The zero-order valence-electron chi connectivity index (χ0n) is 17.5. The van der Waals surface area contributed by atoms with Crippen molar-refractivity contribution in [2.24, 2.45) is 10.9 Å². The summed E-state index contributed by atoms with van der Waals surface area (Å²) < 4.78 is 12.0. The average molecular weight is 377 g/mol. The normalized spacial score (nSPS) is 11.2. The highest BCUT2D eigenvalue weighted by Crippen LogP contribution is 2.28. The van der Waals surface area contributed by atoms with Crippen molar-refractivity contribution in [3.8, 4) is 11.5 Å². The molecule has 0 radical (unpaired) electrons. The summed E-state index contributed by atoms with van der Waals surface area (Å²) in [5.41, 5.74) is 0.933. The van der Waals surface area contributed by atoms with Crippen LogP contribution in [0.1, 0.15) is 96.5 Å². The van der Waals surface area contributed by atoms with Crippen molar-refractivity contribution in [2.75, 3.05) is 13.2 Å². The van der Waals surface area contributed by atoms with Gasteiger partial charge in [-0.1, -0.05) is 78.1 Å². The van der Waals surface area contributed by atoms with E-state index in [0.717, 1.165) is 43.1 Å². The van der Waals surface area contributed by atoms with E-state index in [1.54, 1.807) is 6.21 Å². The average Bonchev–Trinajstić information content (AvgIpc) is 2.68. The van der Waals surface area contributed by atoms with Crippen LogP contribution in [0, 0.1) is 0 Å². The van der Waals surface area contributed by atoms with Crippen molar-refractivity contribution in [1.82, 2.24) is 0 Å². The van der Waals surface area contributed by atoms with Crippen molar-refractivity contribution >= 4 is 6.21 Å². The van der Waals surface area contributed by atoms with Gasteiger partial charge in [0.1, 0.15) is 0 Å². The van der Waals surface area contributed by atoms with E-state index >= 15 is 0 Å². The Kier molecular flexibility index (Phi) is 14.2. The van der Waals surface area contributed by atoms with E-state index < -0.39 is 0 Å². The predicted molar refractivity (Wildman–Crippen MR) is 116 cm³/mol. The van der Waals surface area contributed by atoms with Crippen LogP contribution in [0.4, 0.5) is 0 Å². The van der Waals surface area contributed by atoms with E-state index in [4.69, 9.17) is 15.3 Å². The summed E-state index contributed by atoms with van der Waals surface area (Å²) in [5.74, 6) is 6.89. The van der Waals surface area contributed by atoms with E-state index in [-0.39, 0.29) is 0 Å². The Labute approximate surface area is 166 Å². The van der Waals surface area contributed by atoms with Crippen molar-refractivity contribution < 1.29 is 9.47 Å². The number of nitrogens with two attached hydrogens (primary N) is 1. The topological polar surface area (TPSA) is 56.8 Å². The Morgan fingerprint density at radius 1 is 0.741 bits per heavy atom. The maximum absolute atomic E-state index is 6.01. The van der Waals surface area contributed by atoms with Crippen LogP contribution in [0.15, 0.2) is 23.3 Å². The molecular formula is C23H40N2O2. The maximum atomic E-state index is 6.01. The SMILES string of the molecule is CCCCCCCCOc1ccc(C=NN)cc1OCCCCCCCC. The van der Waals surface area contributed by atoms with Crippen LogP contribution < -0.4 is 15.3 Å². The third-order valence-electron chi connectivity index (χ3n) is 4.70. The standard InChI is InChI=1S/C23H40N2O2/c1-3-5-7-9-11-13-17-26-22-16-15-21(20-25-24)19-23(22)27-18-14-12-10-8-6-4-2/h15-16,19-20H,3-14,17-18,24H2,1-2H3. The number of rotatable bonds is 17. The summed E-state index contributed by atoms with van der Waals surface area (Å²) in [7, 11) is 0. The molecule has 4 heteroatoms. The molecule has 4 nitrogen and oxygen atoms in total. The van der Waals surface area contributed by atoms with E-state index in [9.17, 15) is 0 Å². The Morgan fingerprint density at radius 2 is 1.26 bits per heavy atom. The second-order valence-electron chi connectivity index (χ2n) is 7.22. The zero-order chi connectivity index (χ0) is 19.6. The van der Waals surface area contributed by atoms with Crippen LogP contribution in [0.2, 0.25) is 0 Å². The van der Waals surface area contributed by atoms with Gasteiger partial charge in [-0.3, -0.25) is 0 Å². The molecule has 0 heterocycles. The molecule has 1 rings (SSSR count). The highest BCUT2D eigenvalue weighted by Gasteiger charge is 2.07. The highest BCUT2D eigenvalue weighted by atomic mass is 16.5. The lowest BCUT2D eigenvalue weighted by Gasteiger charge is -2.13. The fraction of sp³-hybridized carbons (Fsp3) is 0.696. The summed E-state index contributed by atoms with van der Waals surface area (Å²) >= 11 is 0. The lowest BCUT2D eigenvalue weighted by molar-refractivity contribution is 0.258. The van der Waals surface area contributed by atoms with Gasteiger partial charge >= 0.3 is 0 Å². The molecule has 2 N–H and O–H groups in total. The van der Waals surface area contributed by atoms with Crippen LogP contribution in [0.25, 0.3) is 0 Å². The van der Waals surface area contributed by atoms with Crippen LogP contribution in [-0.2, 0) is 0 Å². The van der Waals surface area contributed by atoms with Gasteiger partial charge in [0.2, 0.25) is 0 Å². The Balaban J connectivity index is 2.40.